The van der Waals surface area contributed by atoms with Crippen molar-refractivity contribution in [2.24, 2.45) is 0 Å². The lowest BCUT2D eigenvalue weighted by Crippen LogP contribution is -2.30. The molecule has 0 saturated heterocycles. The van der Waals surface area contributed by atoms with E-state index in [4.69, 9.17) is 11.6 Å². The zero-order valence-corrected chi connectivity index (χ0v) is 12.6. The smallest absolute Gasteiger partial charge is 0.244 e. The number of amides is 1. The SMILES string of the molecule is CCn1cc(CNC(=O)C(C)n2cc(Cl)c(C)n2)cn1. The zero-order chi connectivity index (χ0) is 14.7. The van der Waals surface area contributed by atoms with Gasteiger partial charge in [-0.3, -0.25) is 14.2 Å². The van der Waals surface area contributed by atoms with Crippen LogP contribution >= 0.6 is 11.6 Å². The summed E-state index contributed by atoms with van der Waals surface area (Å²) in [5.74, 6) is -0.103. The molecule has 20 heavy (non-hydrogen) atoms. The van der Waals surface area contributed by atoms with Crippen LogP contribution in [-0.2, 0) is 17.9 Å². The van der Waals surface area contributed by atoms with Crippen LogP contribution in [0.1, 0.15) is 31.1 Å². The average Bonchev–Trinajstić information content (AvgIpc) is 3.02. The third kappa shape index (κ3) is 3.19. The fraction of sp³-hybridized carbons (Fsp3) is 0.462. The van der Waals surface area contributed by atoms with E-state index < -0.39 is 6.04 Å². The Morgan fingerprint density at radius 3 is 2.80 bits per heavy atom. The summed E-state index contributed by atoms with van der Waals surface area (Å²) in [6.45, 7) is 6.88. The first-order valence-electron chi connectivity index (χ1n) is 6.51. The van der Waals surface area contributed by atoms with E-state index in [9.17, 15) is 4.79 Å². The van der Waals surface area contributed by atoms with E-state index in [1.54, 1.807) is 24.0 Å². The number of rotatable bonds is 5. The highest BCUT2D eigenvalue weighted by Crippen LogP contribution is 2.15. The van der Waals surface area contributed by atoms with Crippen LogP contribution in [0.5, 0.6) is 0 Å². The molecule has 1 unspecified atom stereocenters. The monoisotopic (exact) mass is 295 g/mol. The third-order valence-electron chi connectivity index (χ3n) is 3.11. The quantitative estimate of drug-likeness (QED) is 0.917. The number of hydrogen-bond donors (Lipinski definition) is 1. The maximum Gasteiger partial charge on any atom is 0.244 e. The van der Waals surface area contributed by atoms with E-state index in [1.807, 2.05) is 24.7 Å². The average molecular weight is 296 g/mol. The van der Waals surface area contributed by atoms with Gasteiger partial charge in [-0.05, 0) is 20.8 Å². The van der Waals surface area contributed by atoms with E-state index in [0.29, 0.717) is 11.6 Å². The minimum Gasteiger partial charge on any atom is -0.350 e. The van der Waals surface area contributed by atoms with Gasteiger partial charge in [-0.25, -0.2) is 0 Å². The summed E-state index contributed by atoms with van der Waals surface area (Å²) in [4.78, 5) is 12.1. The van der Waals surface area contributed by atoms with Gasteiger partial charge in [0.1, 0.15) is 6.04 Å². The van der Waals surface area contributed by atoms with Crippen LogP contribution in [0.15, 0.2) is 18.6 Å². The molecular formula is C13H18ClN5O. The minimum atomic E-state index is -0.401. The Morgan fingerprint density at radius 2 is 2.25 bits per heavy atom. The van der Waals surface area contributed by atoms with Crippen LogP contribution in [-0.4, -0.2) is 25.5 Å². The second kappa shape index (κ2) is 6.09. The molecule has 1 atom stereocenters. The second-order valence-corrected chi connectivity index (χ2v) is 5.05. The lowest BCUT2D eigenvalue weighted by molar-refractivity contribution is -0.124. The highest BCUT2D eigenvalue weighted by molar-refractivity contribution is 6.31. The first-order valence-corrected chi connectivity index (χ1v) is 6.89. The summed E-state index contributed by atoms with van der Waals surface area (Å²) in [5, 5.41) is 11.8. The van der Waals surface area contributed by atoms with E-state index in [-0.39, 0.29) is 5.91 Å². The van der Waals surface area contributed by atoms with Crippen molar-refractivity contribution >= 4 is 17.5 Å². The van der Waals surface area contributed by atoms with Crippen LogP contribution in [0.3, 0.4) is 0 Å². The van der Waals surface area contributed by atoms with Crippen LogP contribution in [0.4, 0.5) is 0 Å². The molecule has 0 aliphatic carbocycles. The number of carbonyl (C=O) groups excluding carboxylic acids is 1. The molecule has 0 aromatic carbocycles. The summed E-state index contributed by atoms with van der Waals surface area (Å²) in [5.41, 5.74) is 1.69. The summed E-state index contributed by atoms with van der Waals surface area (Å²) in [6.07, 6.45) is 5.33. The van der Waals surface area contributed by atoms with Gasteiger partial charge in [-0.15, -0.1) is 0 Å². The number of aryl methyl sites for hydroxylation is 2. The molecule has 0 spiro atoms. The van der Waals surface area contributed by atoms with Crippen molar-refractivity contribution in [2.45, 2.75) is 39.9 Å². The zero-order valence-electron chi connectivity index (χ0n) is 11.8. The molecule has 0 radical (unpaired) electrons. The van der Waals surface area contributed by atoms with Crippen molar-refractivity contribution < 1.29 is 4.79 Å². The number of hydrogen-bond acceptors (Lipinski definition) is 3. The lowest BCUT2D eigenvalue weighted by Gasteiger charge is -2.12. The maximum atomic E-state index is 12.1. The molecule has 2 aromatic rings. The molecule has 0 aliphatic rings. The predicted octanol–water partition coefficient (Wildman–Crippen LogP) is 1.94. The van der Waals surface area contributed by atoms with Gasteiger partial charge in [0.25, 0.3) is 0 Å². The van der Waals surface area contributed by atoms with Crippen molar-refractivity contribution in [3.63, 3.8) is 0 Å². The van der Waals surface area contributed by atoms with Gasteiger partial charge in [0.15, 0.2) is 0 Å². The Bertz CT molecular complexity index is 584. The Labute approximate surface area is 122 Å². The largest absolute Gasteiger partial charge is 0.350 e. The van der Waals surface area contributed by atoms with Gasteiger partial charge in [-0.1, -0.05) is 11.6 Å². The fourth-order valence-corrected chi connectivity index (χ4v) is 1.92. The van der Waals surface area contributed by atoms with Crippen molar-refractivity contribution in [3.05, 3.63) is 34.9 Å². The third-order valence-corrected chi connectivity index (χ3v) is 3.48. The topological polar surface area (TPSA) is 64.7 Å². The van der Waals surface area contributed by atoms with Crippen molar-refractivity contribution in [1.82, 2.24) is 24.9 Å². The lowest BCUT2D eigenvalue weighted by atomic mass is 10.3. The summed E-state index contributed by atoms with van der Waals surface area (Å²) in [6, 6.07) is -0.401. The number of aromatic nitrogens is 4. The Morgan fingerprint density at radius 1 is 1.50 bits per heavy atom. The Kier molecular flexibility index (Phi) is 4.44. The molecule has 2 rings (SSSR count). The number of nitrogens with zero attached hydrogens (tertiary/aromatic N) is 4. The first kappa shape index (κ1) is 14.6. The highest BCUT2D eigenvalue weighted by Gasteiger charge is 2.16. The normalized spacial score (nSPS) is 12.4. The van der Waals surface area contributed by atoms with E-state index >= 15 is 0 Å². The molecule has 0 fully saturated rings. The summed E-state index contributed by atoms with van der Waals surface area (Å²) < 4.78 is 3.39. The fourth-order valence-electron chi connectivity index (χ4n) is 1.79. The Hall–Kier alpha value is -1.82. The Balaban J connectivity index is 1.94. The molecule has 2 heterocycles. The number of halogens is 1. The van der Waals surface area contributed by atoms with E-state index in [0.717, 1.165) is 17.8 Å². The van der Waals surface area contributed by atoms with Crippen LogP contribution in [0, 0.1) is 6.92 Å². The molecule has 2 aromatic heterocycles. The molecule has 108 valence electrons. The molecule has 0 saturated carbocycles. The van der Waals surface area contributed by atoms with Gasteiger partial charge >= 0.3 is 0 Å². The van der Waals surface area contributed by atoms with Crippen molar-refractivity contribution in [2.75, 3.05) is 0 Å². The maximum absolute atomic E-state index is 12.1. The highest BCUT2D eigenvalue weighted by atomic mass is 35.5. The molecule has 7 heteroatoms. The van der Waals surface area contributed by atoms with Gasteiger partial charge < -0.3 is 5.32 Å². The van der Waals surface area contributed by atoms with E-state index in [2.05, 4.69) is 15.5 Å². The standard InChI is InChI=1S/C13H18ClN5O/c1-4-18-7-11(6-16-18)5-15-13(20)10(3)19-8-12(14)9(2)17-19/h6-8,10H,4-5H2,1-3H3,(H,15,20). The van der Waals surface area contributed by atoms with Crippen molar-refractivity contribution in [3.8, 4) is 0 Å². The van der Waals surface area contributed by atoms with Crippen LogP contribution in [0.2, 0.25) is 5.02 Å². The summed E-state index contributed by atoms with van der Waals surface area (Å²) in [7, 11) is 0. The summed E-state index contributed by atoms with van der Waals surface area (Å²) >= 11 is 5.94. The van der Waals surface area contributed by atoms with Crippen LogP contribution in [0.25, 0.3) is 0 Å². The second-order valence-electron chi connectivity index (χ2n) is 4.64. The van der Waals surface area contributed by atoms with E-state index in [1.165, 1.54) is 0 Å². The molecule has 0 bridgehead atoms. The van der Waals surface area contributed by atoms with Gasteiger partial charge in [-0.2, -0.15) is 10.2 Å². The molecule has 6 nitrogen and oxygen atoms in total. The molecule has 0 aliphatic heterocycles. The van der Waals surface area contributed by atoms with Crippen molar-refractivity contribution in [1.29, 1.82) is 0 Å². The van der Waals surface area contributed by atoms with Crippen LogP contribution < -0.4 is 5.32 Å². The van der Waals surface area contributed by atoms with Gasteiger partial charge in [0, 0.05) is 31.0 Å². The van der Waals surface area contributed by atoms with Gasteiger partial charge in [0.05, 0.1) is 16.9 Å². The molecular weight excluding hydrogens is 278 g/mol. The molecule has 1 N–H and O–H groups in total. The number of carbonyl (C=O) groups is 1. The number of nitrogens with one attached hydrogen (secondary N) is 1. The minimum absolute atomic E-state index is 0.103. The molecule has 1 amide bonds. The predicted molar refractivity (Wildman–Crippen MR) is 76.4 cm³/mol. The van der Waals surface area contributed by atoms with Gasteiger partial charge in [0.2, 0.25) is 5.91 Å². The first-order chi connectivity index (χ1) is 9.51.